The van der Waals surface area contributed by atoms with Gasteiger partial charge in [0.15, 0.2) is 0 Å². The summed E-state index contributed by atoms with van der Waals surface area (Å²) in [6.45, 7) is 5.94. The molecule has 4 aliphatic rings. The third-order valence-corrected chi connectivity index (χ3v) is 8.04. The average Bonchev–Trinajstić information content (AvgIpc) is 3.51. The lowest BCUT2D eigenvalue weighted by molar-refractivity contribution is 0.238. The topological polar surface area (TPSA) is 58.9 Å². The van der Waals surface area contributed by atoms with Gasteiger partial charge in [0.1, 0.15) is 5.82 Å². The number of rotatable bonds is 5. The lowest BCUT2D eigenvalue weighted by Gasteiger charge is -2.26. The van der Waals surface area contributed by atoms with Crippen LogP contribution in [-0.4, -0.2) is 50.6 Å². The number of nitrogens with zero attached hydrogens (tertiary/aromatic N) is 5. The predicted molar refractivity (Wildman–Crippen MR) is 118 cm³/mol. The monoisotopic (exact) mass is 404 g/mol. The van der Waals surface area contributed by atoms with E-state index in [-0.39, 0.29) is 0 Å². The van der Waals surface area contributed by atoms with Gasteiger partial charge in [-0.25, -0.2) is 0 Å². The van der Waals surface area contributed by atoms with Gasteiger partial charge in [-0.3, -0.25) is 4.68 Å². The summed E-state index contributed by atoms with van der Waals surface area (Å²) in [5.74, 6) is 5.29. The summed E-state index contributed by atoms with van der Waals surface area (Å²) in [5.41, 5.74) is 2.93. The molecule has 6 atom stereocenters. The standard InChI is InChI=1S/C24H32N6/c1-15-22(14-29(2)28-15)23-5-6-24(27-26-23)25-21-9-19-12-30(13-20(19)10-21)11-18-8-16-3-4-17(18)7-16/h3-6,14,16-21H,7-13H2,1-2H3,(H,25,27)/t16?,17?,18?,19-,20+,21+. The van der Waals surface area contributed by atoms with Crippen molar-refractivity contribution < 1.29 is 0 Å². The summed E-state index contributed by atoms with van der Waals surface area (Å²) in [5, 5.41) is 17.0. The maximum atomic E-state index is 4.45. The molecule has 0 radical (unpaired) electrons. The molecule has 6 nitrogen and oxygen atoms in total. The Labute approximate surface area is 178 Å². The van der Waals surface area contributed by atoms with Crippen LogP contribution >= 0.6 is 0 Å². The van der Waals surface area contributed by atoms with E-state index >= 15 is 0 Å². The van der Waals surface area contributed by atoms with E-state index in [4.69, 9.17) is 0 Å². The van der Waals surface area contributed by atoms with Gasteiger partial charge >= 0.3 is 0 Å². The Balaban J connectivity index is 1.02. The third kappa shape index (κ3) is 3.35. The molecule has 2 bridgehead atoms. The van der Waals surface area contributed by atoms with Crippen molar-refractivity contribution >= 4 is 5.82 Å². The van der Waals surface area contributed by atoms with E-state index in [2.05, 4.69) is 49.8 Å². The summed E-state index contributed by atoms with van der Waals surface area (Å²) in [6, 6.07) is 4.66. The van der Waals surface area contributed by atoms with E-state index in [0.717, 1.165) is 52.4 Å². The molecule has 30 heavy (non-hydrogen) atoms. The van der Waals surface area contributed by atoms with Crippen LogP contribution in [-0.2, 0) is 7.05 Å². The van der Waals surface area contributed by atoms with Crippen molar-refractivity contribution in [2.24, 2.45) is 36.6 Å². The first kappa shape index (κ1) is 18.6. The smallest absolute Gasteiger partial charge is 0.148 e. The second-order valence-corrected chi connectivity index (χ2v) is 10.2. The molecule has 1 saturated heterocycles. The average molecular weight is 405 g/mol. The van der Waals surface area contributed by atoms with E-state index in [1.54, 1.807) is 0 Å². The molecule has 3 unspecified atom stereocenters. The lowest BCUT2D eigenvalue weighted by atomic mass is 9.93. The van der Waals surface area contributed by atoms with Crippen molar-refractivity contribution in [3.05, 3.63) is 36.2 Å². The maximum absolute atomic E-state index is 4.45. The highest BCUT2D eigenvalue weighted by molar-refractivity contribution is 5.61. The minimum atomic E-state index is 0.535. The van der Waals surface area contributed by atoms with Gasteiger partial charge in [-0.2, -0.15) is 5.10 Å². The summed E-state index contributed by atoms with van der Waals surface area (Å²) in [6.07, 6.45) is 12.4. The zero-order chi connectivity index (χ0) is 20.2. The predicted octanol–water partition coefficient (Wildman–Crippen LogP) is 3.52. The van der Waals surface area contributed by atoms with Gasteiger partial charge < -0.3 is 10.2 Å². The molecule has 3 aliphatic carbocycles. The molecule has 6 rings (SSSR count). The molecule has 2 aromatic rings. The minimum absolute atomic E-state index is 0.535. The number of allylic oxidation sites excluding steroid dienone is 2. The van der Waals surface area contributed by atoms with Gasteiger partial charge in [-0.15, -0.1) is 10.2 Å². The summed E-state index contributed by atoms with van der Waals surface area (Å²) in [7, 11) is 1.94. The Bertz CT molecular complexity index is 933. The zero-order valence-electron chi connectivity index (χ0n) is 18.0. The van der Waals surface area contributed by atoms with Crippen molar-refractivity contribution in [2.75, 3.05) is 25.0 Å². The highest BCUT2D eigenvalue weighted by atomic mass is 15.3. The van der Waals surface area contributed by atoms with Crippen molar-refractivity contribution in [3.63, 3.8) is 0 Å². The molecule has 2 aromatic heterocycles. The second-order valence-electron chi connectivity index (χ2n) is 10.2. The maximum Gasteiger partial charge on any atom is 0.148 e. The normalized spacial score (nSPS) is 34.7. The van der Waals surface area contributed by atoms with Gasteiger partial charge in [0.2, 0.25) is 0 Å². The molecule has 0 spiro atoms. The zero-order valence-corrected chi connectivity index (χ0v) is 18.0. The molecule has 0 aromatic carbocycles. The lowest BCUT2D eigenvalue weighted by Crippen LogP contribution is -2.31. The number of nitrogens with one attached hydrogen (secondary N) is 1. The van der Waals surface area contributed by atoms with Gasteiger partial charge in [0.25, 0.3) is 0 Å². The van der Waals surface area contributed by atoms with Crippen molar-refractivity contribution in [1.29, 1.82) is 0 Å². The summed E-state index contributed by atoms with van der Waals surface area (Å²) >= 11 is 0. The summed E-state index contributed by atoms with van der Waals surface area (Å²) in [4.78, 5) is 2.77. The SMILES string of the molecule is Cc1nn(C)cc1-c1ccc(N[C@H]2C[C@@H]3CN(CC4CC5C=CC4C5)C[C@@H]3C2)nn1. The number of aromatic nitrogens is 4. The Kier molecular flexibility index (Phi) is 4.44. The Hall–Kier alpha value is -2.21. The highest BCUT2D eigenvalue weighted by Gasteiger charge is 2.43. The third-order valence-electron chi connectivity index (χ3n) is 8.04. The first-order chi connectivity index (χ1) is 14.6. The Morgan fingerprint density at radius 3 is 2.47 bits per heavy atom. The second kappa shape index (κ2) is 7.19. The molecule has 3 heterocycles. The van der Waals surface area contributed by atoms with E-state index in [9.17, 15) is 0 Å². The molecular formula is C24H32N6. The first-order valence-corrected chi connectivity index (χ1v) is 11.6. The number of anilines is 1. The highest BCUT2D eigenvalue weighted by Crippen LogP contribution is 2.45. The van der Waals surface area contributed by atoms with Crippen LogP contribution in [0.5, 0.6) is 0 Å². The molecular weight excluding hydrogens is 372 g/mol. The van der Waals surface area contributed by atoms with Gasteiger partial charge in [-0.05, 0) is 74.3 Å². The fourth-order valence-corrected chi connectivity index (χ4v) is 6.71. The fourth-order valence-electron chi connectivity index (χ4n) is 6.71. The van der Waals surface area contributed by atoms with E-state index in [1.807, 2.05) is 24.9 Å². The number of likely N-dealkylation sites (tertiary alicyclic amines) is 1. The van der Waals surface area contributed by atoms with E-state index < -0.39 is 0 Å². The Morgan fingerprint density at radius 2 is 1.87 bits per heavy atom. The first-order valence-electron chi connectivity index (χ1n) is 11.6. The molecule has 0 amide bonds. The molecule has 158 valence electrons. The van der Waals surface area contributed by atoms with Crippen LogP contribution in [0.1, 0.15) is 31.4 Å². The Morgan fingerprint density at radius 1 is 1.03 bits per heavy atom. The van der Waals surface area contributed by atoms with Crippen LogP contribution in [0.3, 0.4) is 0 Å². The van der Waals surface area contributed by atoms with Crippen molar-refractivity contribution in [2.45, 2.75) is 38.6 Å². The van der Waals surface area contributed by atoms with Crippen molar-refractivity contribution in [1.82, 2.24) is 24.9 Å². The van der Waals surface area contributed by atoms with Crippen LogP contribution < -0.4 is 5.32 Å². The number of hydrogen-bond acceptors (Lipinski definition) is 5. The quantitative estimate of drug-likeness (QED) is 0.773. The van der Waals surface area contributed by atoms with Crippen LogP contribution in [0.2, 0.25) is 0 Å². The van der Waals surface area contributed by atoms with Gasteiger partial charge in [0.05, 0.1) is 11.4 Å². The number of fused-ring (bicyclic) bond motifs is 3. The fraction of sp³-hybridized carbons (Fsp3) is 0.625. The number of aryl methyl sites for hydroxylation is 2. The molecule has 1 aliphatic heterocycles. The van der Waals surface area contributed by atoms with E-state index in [1.165, 1.54) is 45.3 Å². The molecule has 1 N–H and O–H groups in total. The number of hydrogen-bond donors (Lipinski definition) is 1. The summed E-state index contributed by atoms with van der Waals surface area (Å²) < 4.78 is 1.83. The molecule has 2 saturated carbocycles. The van der Waals surface area contributed by atoms with Crippen molar-refractivity contribution in [3.8, 4) is 11.3 Å². The molecule has 3 fully saturated rings. The van der Waals surface area contributed by atoms with Gasteiger partial charge in [0, 0.05) is 44.5 Å². The van der Waals surface area contributed by atoms with Crippen LogP contribution in [0.25, 0.3) is 11.3 Å². The minimum Gasteiger partial charge on any atom is -0.366 e. The van der Waals surface area contributed by atoms with Crippen LogP contribution in [0, 0.1) is 36.5 Å². The largest absolute Gasteiger partial charge is 0.366 e. The van der Waals surface area contributed by atoms with Gasteiger partial charge in [-0.1, -0.05) is 12.2 Å². The van der Waals surface area contributed by atoms with E-state index in [0.29, 0.717) is 6.04 Å². The molecule has 6 heteroatoms. The van der Waals surface area contributed by atoms with Crippen LogP contribution in [0.15, 0.2) is 30.5 Å². The van der Waals surface area contributed by atoms with Crippen LogP contribution in [0.4, 0.5) is 5.82 Å².